The molecule has 0 radical (unpaired) electrons. The number of nitrogens with one attached hydrogen (secondary N) is 1. The van der Waals surface area contributed by atoms with Crippen molar-refractivity contribution in [2.75, 3.05) is 0 Å². The van der Waals surface area contributed by atoms with E-state index in [1.807, 2.05) is 13.8 Å². The lowest BCUT2D eigenvalue weighted by atomic mass is 9.94. The fourth-order valence-electron chi connectivity index (χ4n) is 2.13. The van der Waals surface area contributed by atoms with Gasteiger partial charge in [-0.25, -0.2) is 0 Å². The second-order valence-corrected chi connectivity index (χ2v) is 6.96. The van der Waals surface area contributed by atoms with Crippen LogP contribution in [0.3, 0.4) is 0 Å². The van der Waals surface area contributed by atoms with Gasteiger partial charge in [0.1, 0.15) is 0 Å². The van der Waals surface area contributed by atoms with Crippen molar-refractivity contribution in [2.45, 2.75) is 51.9 Å². The molecule has 0 aliphatic carbocycles. The number of hydrogen-bond donors (Lipinski definition) is 1. The lowest BCUT2D eigenvalue weighted by Crippen LogP contribution is -2.38. The highest BCUT2D eigenvalue weighted by Gasteiger charge is 2.24. The Labute approximate surface area is 131 Å². The fourth-order valence-corrected chi connectivity index (χ4v) is 2.26. The van der Waals surface area contributed by atoms with Crippen LogP contribution in [0.15, 0.2) is 24.3 Å². The normalized spacial score (nSPS) is 14.4. The van der Waals surface area contributed by atoms with Crippen molar-refractivity contribution in [1.29, 1.82) is 0 Å². The summed E-state index contributed by atoms with van der Waals surface area (Å²) in [6, 6.07) is 8.60. The van der Waals surface area contributed by atoms with E-state index in [0.717, 1.165) is 6.42 Å². The number of benzene rings is 1. The Morgan fingerprint density at radius 1 is 1.10 bits per heavy atom. The second-order valence-electron chi connectivity index (χ2n) is 5.97. The first kappa shape index (κ1) is 17.2. The van der Waals surface area contributed by atoms with Crippen LogP contribution in [0.25, 0.3) is 0 Å². The average Bonchev–Trinajstić information content (AvgIpc) is 2.43. The highest BCUT2D eigenvalue weighted by Crippen LogP contribution is 2.23. The van der Waals surface area contributed by atoms with Crippen molar-refractivity contribution in [3.8, 4) is 0 Å². The lowest BCUT2D eigenvalue weighted by molar-refractivity contribution is -0.122. The molecule has 0 aliphatic heterocycles. The first-order chi connectivity index (χ1) is 9.36. The molecule has 112 valence electrons. The van der Waals surface area contributed by atoms with Crippen LogP contribution in [0.5, 0.6) is 0 Å². The van der Waals surface area contributed by atoms with Crippen molar-refractivity contribution in [1.82, 2.24) is 5.32 Å². The third kappa shape index (κ3) is 4.62. The van der Waals surface area contributed by atoms with Gasteiger partial charge in [-0.3, -0.25) is 4.79 Å². The van der Waals surface area contributed by atoms with E-state index in [0.29, 0.717) is 5.92 Å². The summed E-state index contributed by atoms with van der Waals surface area (Å²) in [4.78, 5) is 12.1. The molecule has 1 aromatic carbocycles. The van der Waals surface area contributed by atoms with E-state index in [4.69, 9.17) is 0 Å². The highest BCUT2D eigenvalue weighted by atomic mass is 79.9. The predicted molar refractivity (Wildman–Crippen MR) is 89.1 cm³/mol. The SMILES string of the molecule is CCc1ccc(C(NC(=O)C(Br)C(C)C)C(C)C)cc1. The van der Waals surface area contributed by atoms with Gasteiger partial charge in [0.25, 0.3) is 0 Å². The quantitative estimate of drug-likeness (QED) is 0.760. The van der Waals surface area contributed by atoms with Crippen LogP contribution in [0.4, 0.5) is 0 Å². The Kier molecular flexibility index (Phi) is 6.74. The van der Waals surface area contributed by atoms with Gasteiger partial charge >= 0.3 is 0 Å². The van der Waals surface area contributed by atoms with Gasteiger partial charge in [-0.1, -0.05) is 74.8 Å². The summed E-state index contributed by atoms with van der Waals surface area (Å²) in [5, 5.41) is 3.17. The van der Waals surface area contributed by atoms with Gasteiger partial charge in [-0.15, -0.1) is 0 Å². The molecule has 1 N–H and O–H groups in total. The molecule has 0 saturated heterocycles. The second kappa shape index (κ2) is 7.82. The number of carbonyl (C=O) groups is 1. The van der Waals surface area contributed by atoms with Crippen molar-refractivity contribution in [3.63, 3.8) is 0 Å². The van der Waals surface area contributed by atoms with Crippen molar-refractivity contribution in [2.24, 2.45) is 11.8 Å². The van der Waals surface area contributed by atoms with Crippen molar-refractivity contribution >= 4 is 21.8 Å². The third-order valence-electron chi connectivity index (χ3n) is 3.55. The molecule has 0 aromatic heterocycles. The van der Waals surface area contributed by atoms with Gasteiger partial charge in [0.2, 0.25) is 5.91 Å². The number of carbonyl (C=O) groups excluding carboxylic acids is 1. The minimum atomic E-state index is -0.140. The fraction of sp³-hybridized carbons (Fsp3) is 0.588. The van der Waals surface area contributed by atoms with Gasteiger partial charge in [0.05, 0.1) is 10.9 Å². The molecule has 0 heterocycles. The van der Waals surface area contributed by atoms with Crippen LogP contribution in [-0.4, -0.2) is 10.7 Å². The van der Waals surface area contributed by atoms with Crippen molar-refractivity contribution in [3.05, 3.63) is 35.4 Å². The van der Waals surface area contributed by atoms with Gasteiger partial charge in [0, 0.05) is 0 Å². The Hall–Kier alpha value is -0.830. The maximum absolute atomic E-state index is 12.2. The van der Waals surface area contributed by atoms with Crippen molar-refractivity contribution < 1.29 is 4.79 Å². The molecule has 0 spiro atoms. The molecule has 1 aromatic rings. The third-order valence-corrected chi connectivity index (χ3v) is 5.02. The molecule has 0 aliphatic rings. The molecule has 1 rings (SSSR count). The summed E-state index contributed by atoms with van der Waals surface area (Å²) in [5.41, 5.74) is 2.50. The molecule has 0 saturated carbocycles. The van der Waals surface area contributed by atoms with Crippen LogP contribution in [0.1, 0.15) is 51.8 Å². The first-order valence-electron chi connectivity index (χ1n) is 7.40. The zero-order valence-electron chi connectivity index (χ0n) is 13.1. The highest BCUT2D eigenvalue weighted by molar-refractivity contribution is 9.10. The molecule has 1 amide bonds. The van der Waals surface area contributed by atoms with E-state index in [1.54, 1.807) is 0 Å². The van der Waals surface area contributed by atoms with Crippen LogP contribution in [0.2, 0.25) is 0 Å². The molecule has 20 heavy (non-hydrogen) atoms. The maximum atomic E-state index is 12.2. The standard InChI is InChI=1S/C17H26BrNO/c1-6-13-7-9-14(10-8-13)16(12(4)5)19-17(20)15(18)11(2)3/h7-12,15-16H,6H2,1-5H3,(H,19,20). The topological polar surface area (TPSA) is 29.1 Å². The molecule has 0 fully saturated rings. The van der Waals surface area contributed by atoms with Crippen LogP contribution in [-0.2, 0) is 11.2 Å². The van der Waals surface area contributed by atoms with Crippen LogP contribution in [0, 0.1) is 11.8 Å². The molecular weight excluding hydrogens is 314 g/mol. The molecule has 2 nitrogen and oxygen atoms in total. The van der Waals surface area contributed by atoms with Gasteiger partial charge in [-0.2, -0.15) is 0 Å². The minimum Gasteiger partial charge on any atom is -0.348 e. The van der Waals surface area contributed by atoms with Gasteiger partial charge in [-0.05, 0) is 29.4 Å². The van der Waals surface area contributed by atoms with Gasteiger partial charge in [0.15, 0.2) is 0 Å². The Morgan fingerprint density at radius 2 is 1.65 bits per heavy atom. The van der Waals surface area contributed by atoms with Crippen LogP contribution >= 0.6 is 15.9 Å². The Balaban J connectivity index is 2.86. The first-order valence-corrected chi connectivity index (χ1v) is 8.31. The Bertz CT molecular complexity index is 425. The molecule has 0 bridgehead atoms. The summed E-state index contributed by atoms with van der Waals surface area (Å²) in [6.45, 7) is 10.5. The molecule has 3 heteroatoms. The Morgan fingerprint density at radius 3 is 2.05 bits per heavy atom. The maximum Gasteiger partial charge on any atom is 0.234 e. The summed E-state index contributed by atoms with van der Waals surface area (Å²) >= 11 is 3.47. The predicted octanol–water partition coefficient (Wildman–Crippen LogP) is 4.48. The summed E-state index contributed by atoms with van der Waals surface area (Å²) in [6.07, 6.45) is 1.04. The van der Waals surface area contributed by atoms with Crippen LogP contribution < -0.4 is 5.32 Å². The van der Waals surface area contributed by atoms with E-state index in [9.17, 15) is 4.79 Å². The molecule has 2 unspecified atom stereocenters. The lowest BCUT2D eigenvalue weighted by Gasteiger charge is -2.25. The number of rotatable bonds is 6. The van der Waals surface area contributed by atoms with E-state index >= 15 is 0 Å². The number of alkyl halides is 1. The van der Waals surface area contributed by atoms with E-state index in [-0.39, 0.29) is 22.7 Å². The minimum absolute atomic E-state index is 0.0622. The zero-order valence-corrected chi connectivity index (χ0v) is 14.7. The monoisotopic (exact) mass is 339 g/mol. The van der Waals surface area contributed by atoms with Gasteiger partial charge < -0.3 is 5.32 Å². The molecule has 2 atom stereocenters. The van der Waals surface area contributed by atoms with E-state index in [1.165, 1.54) is 11.1 Å². The smallest absolute Gasteiger partial charge is 0.234 e. The summed E-state index contributed by atoms with van der Waals surface area (Å²) in [7, 11) is 0. The number of halogens is 1. The van der Waals surface area contributed by atoms with E-state index < -0.39 is 0 Å². The number of aryl methyl sites for hydroxylation is 1. The molecular formula is C17H26BrNO. The summed E-state index contributed by atoms with van der Waals surface area (Å²) < 4.78 is 0. The number of amides is 1. The average molecular weight is 340 g/mol. The number of hydrogen-bond acceptors (Lipinski definition) is 1. The largest absolute Gasteiger partial charge is 0.348 e. The zero-order chi connectivity index (χ0) is 15.3. The van der Waals surface area contributed by atoms with E-state index in [2.05, 4.69) is 66.3 Å². The summed E-state index contributed by atoms with van der Waals surface area (Å²) in [5.74, 6) is 0.710.